The largest absolute Gasteiger partial charge is 0.399 e. The standard InChI is InChI=1S/C49H36N10O5S2/c50-27-43-41(31-5-1-9-35(52)21-31)25-45(56-48(43)54)29-13-17-37(18-14-29)58-65(61,62)39-11-3-7-33(23-39)47(60)34-8-4-12-40(24-34)66(63,64)59-38-19-15-30(16-20-38)46-26-42(44(28-51)49(55)57-46)32-6-2-10-36(53)22-32/h1-26,58-59H,52-53H2,(H2,54,56)(H2,55,57). The summed E-state index contributed by atoms with van der Waals surface area (Å²) in [5, 5.41) is 19.6. The SMILES string of the molecule is N#Cc1c(-c2cccc(N)c2)cc(-c2ccc(NS(=O)(=O)c3cccc(C(=O)c4cccc(S(=O)(=O)Nc5ccc(-c6cc(-c7cccc(N)c7)c(C#N)c(N)n6)cc5)c4)c3)cc2)nc1N. The maximum absolute atomic E-state index is 13.7. The van der Waals surface area contributed by atoms with E-state index in [2.05, 4.69) is 31.6 Å². The zero-order valence-electron chi connectivity index (χ0n) is 34.5. The van der Waals surface area contributed by atoms with Gasteiger partial charge < -0.3 is 22.9 Å². The predicted molar refractivity (Wildman–Crippen MR) is 255 cm³/mol. The number of carbonyl (C=O) groups excluding carboxylic acids is 1. The molecule has 0 aliphatic carbocycles. The van der Waals surface area contributed by atoms with E-state index in [1.165, 1.54) is 72.8 Å². The number of aromatic nitrogens is 2. The number of nitrogen functional groups attached to an aromatic ring is 4. The number of carbonyl (C=O) groups is 1. The summed E-state index contributed by atoms with van der Waals surface area (Å²) in [5.74, 6) is -0.567. The molecule has 17 heteroatoms. The summed E-state index contributed by atoms with van der Waals surface area (Å²) < 4.78 is 59.4. The van der Waals surface area contributed by atoms with Crippen molar-refractivity contribution < 1.29 is 21.6 Å². The van der Waals surface area contributed by atoms with E-state index in [9.17, 15) is 32.2 Å². The van der Waals surface area contributed by atoms with Crippen LogP contribution in [0, 0.1) is 22.7 Å². The van der Waals surface area contributed by atoms with Crippen molar-refractivity contribution in [1.29, 1.82) is 10.5 Å². The molecule has 0 spiro atoms. The lowest BCUT2D eigenvalue weighted by molar-refractivity contribution is 0.103. The predicted octanol–water partition coefficient (Wildman–Crippen LogP) is 8.05. The Hall–Kier alpha value is -9.03. The normalized spacial score (nSPS) is 11.2. The maximum atomic E-state index is 13.7. The van der Waals surface area contributed by atoms with Gasteiger partial charge in [-0.25, -0.2) is 26.8 Å². The van der Waals surface area contributed by atoms with Gasteiger partial charge in [0.1, 0.15) is 34.9 Å². The van der Waals surface area contributed by atoms with E-state index >= 15 is 0 Å². The van der Waals surface area contributed by atoms with Crippen LogP contribution in [-0.4, -0.2) is 32.6 Å². The van der Waals surface area contributed by atoms with Gasteiger partial charge in [-0.05, 0) is 96.1 Å². The lowest BCUT2D eigenvalue weighted by Gasteiger charge is -2.13. The summed E-state index contributed by atoms with van der Waals surface area (Å²) in [4.78, 5) is 22.1. The van der Waals surface area contributed by atoms with Crippen LogP contribution in [0.2, 0.25) is 0 Å². The van der Waals surface area contributed by atoms with Crippen molar-refractivity contribution in [1.82, 2.24) is 9.97 Å². The van der Waals surface area contributed by atoms with E-state index in [4.69, 9.17) is 22.9 Å². The Bertz CT molecular complexity index is 3320. The average molecular weight is 909 g/mol. The fraction of sp³-hybridized carbons (Fsp3) is 0. The molecule has 0 unspecified atom stereocenters. The minimum atomic E-state index is -4.22. The molecule has 0 amide bonds. The second-order valence-corrected chi connectivity index (χ2v) is 18.2. The van der Waals surface area contributed by atoms with E-state index < -0.39 is 25.8 Å². The van der Waals surface area contributed by atoms with E-state index in [1.54, 1.807) is 84.9 Å². The minimum absolute atomic E-state index is 0.00251. The molecule has 0 bridgehead atoms. The third-order valence-corrected chi connectivity index (χ3v) is 13.2. The van der Waals surface area contributed by atoms with Gasteiger partial charge in [-0.3, -0.25) is 14.2 Å². The summed E-state index contributed by atoms with van der Waals surface area (Å²) in [6, 6.07) is 45.1. The van der Waals surface area contributed by atoms with Gasteiger partial charge in [-0.15, -0.1) is 0 Å². The molecule has 0 aliphatic rings. The van der Waals surface area contributed by atoms with Gasteiger partial charge in [-0.1, -0.05) is 72.8 Å². The first-order chi connectivity index (χ1) is 31.6. The highest BCUT2D eigenvalue weighted by Crippen LogP contribution is 2.35. The van der Waals surface area contributed by atoms with Crippen molar-refractivity contribution in [3.05, 3.63) is 180 Å². The van der Waals surface area contributed by atoms with Crippen LogP contribution in [0.1, 0.15) is 27.0 Å². The maximum Gasteiger partial charge on any atom is 0.261 e. The summed E-state index contributed by atoms with van der Waals surface area (Å²) in [6.45, 7) is 0. The van der Waals surface area contributed by atoms with Crippen molar-refractivity contribution in [3.63, 3.8) is 0 Å². The van der Waals surface area contributed by atoms with Gasteiger partial charge in [0.2, 0.25) is 0 Å². The summed E-state index contributed by atoms with van der Waals surface area (Å²) in [6.07, 6.45) is 0. The highest BCUT2D eigenvalue weighted by Gasteiger charge is 2.22. The molecule has 8 rings (SSSR count). The lowest BCUT2D eigenvalue weighted by atomic mass is 9.98. The third-order valence-electron chi connectivity index (χ3n) is 10.4. The molecule has 0 fully saturated rings. The number of pyridine rings is 2. The Labute approximate surface area is 379 Å². The first-order valence-electron chi connectivity index (χ1n) is 19.8. The smallest absolute Gasteiger partial charge is 0.261 e. The quantitative estimate of drug-likeness (QED) is 0.0500. The number of hydrogen-bond donors (Lipinski definition) is 6. The molecule has 0 aliphatic heterocycles. The monoisotopic (exact) mass is 908 g/mol. The molecule has 0 radical (unpaired) electrons. The number of hydrogen-bond acceptors (Lipinski definition) is 13. The first kappa shape index (κ1) is 43.6. The summed E-state index contributed by atoms with van der Waals surface area (Å²) in [5.41, 5.74) is 30.7. The Morgan fingerprint density at radius 1 is 0.470 bits per heavy atom. The highest BCUT2D eigenvalue weighted by molar-refractivity contribution is 7.93. The lowest BCUT2D eigenvalue weighted by Crippen LogP contribution is -2.15. The highest BCUT2D eigenvalue weighted by atomic mass is 32.2. The number of nitriles is 2. The second kappa shape index (κ2) is 17.6. The van der Waals surface area contributed by atoms with E-state index in [0.717, 1.165) is 0 Å². The van der Waals surface area contributed by atoms with E-state index in [0.29, 0.717) is 56.1 Å². The molecule has 2 heterocycles. The molecule has 0 saturated heterocycles. The average Bonchev–Trinajstić information content (AvgIpc) is 3.31. The number of nitrogens with two attached hydrogens (primary N) is 4. The van der Waals surface area contributed by atoms with Crippen molar-refractivity contribution in [3.8, 4) is 56.9 Å². The van der Waals surface area contributed by atoms with Gasteiger partial charge in [0, 0.05) is 56.1 Å². The van der Waals surface area contributed by atoms with Gasteiger partial charge in [0.15, 0.2) is 5.78 Å². The zero-order chi connectivity index (χ0) is 46.8. The van der Waals surface area contributed by atoms with Gasteiger partial charge >= 0.3 is 0 Å². The fourth-order valence-corrected chi connectivity index (χ4v) is 9.36. The molecule has 324 valence electrons. The van der Waals surface area contributed by atoms with Gasteiger partial charge in [0.25, 0.3) is 20.0 Å². The van der Waals surface area contributed by atoms with Crippen LogP contribution in [-0.2, 0) is 20.0 Å². The molecule has 0 atom stereocenters. The molecule has 6 aromatic carbocycles. The zero-order valence-corrected chi connectivity index (χ0v) is 36.1. The number of rotatable bonds is 12. The van der Waals surface area contributed by atoms with Crippen LogP contribution >= 0.6 is 0 Å². The van der Waals surface area contributed by atoms with Crippen LogP contribution < -0.4 is 32.4 Å². The second-order valence-electron chi connectivity index (χ2n) is 14.9. The molecule has 8 aromatic rings. The molecule has 15 nitrogen and oxygen atoms in total. The minimum Gasteiger partial charge on any atom is -0.399 e. The number of anilines is 6. The van der Waals surface area contributed by atoms with Crippen molar-refractivity contribution in [2.45, 2.75) is 9.79 Å². The third kappa shape index (κ3) is 9.06. The summed E-state index contributed by atoms with van der Waals surface area (Å²) >= 11 is 0. The van der Waals surface area contributed by atoms with Crippen LogP contribution in [0.5, 0.6) is 0 Å². The van der Waals surface area contributed by atoms with Crippen molar-refractivity contribution >= 4 is 60.2 Å². The fourth-order valence-electron chi connectivity index (χ4n) is 7.15. The van der Waals surface area contributed by atoms with Crippen molar-refractivity contribution in [2.24, 2.45) is 0 Å². The van der Waals surface area contributed by atoms with Crippen LogP contribution in [0.4, 0.5) is 34.4 Å². The number of nitrogens with one attached hydrogen (secondary N) is 2. The molecular formula is C49H36N10O5S2. The van der Waals surface area contributed by atoms with Crippen molar-refractivity contribution in [2.75, 3.05) is 32.4 Å². The molecular weight excluding hydrogens is 873 g/mol. The Morgan fingerprint density at radius 3 is 1.21 bits per heavy atom. The Morgan fingerprint density at radius 2 is 0.848 bits per heavy atom. The number of benzene rings is 6. The molecule has 0 saturated carbocycles. The van der Waals surface area contributed by atoms with Gasteiger partial charge in [0.05, 0.1) is 21.2 Å². The van der Waals surface area contributed by atoms with Crippen LogP contribution in [0.15, 0.2) is 168 Å². The Kier molecular flexibility index (Phi) is 11.6. The molecule has 2 aromatic heterocycles. The number of sulfonamides is 2. The van der Waals surface area contributed by atoms with Crippen LogP contribution in [0.3, 0.4) is 0 Å². The molecule has 66 heavy (non-hydrogen) atoms. The Balaban J connectivity index is 0.968. The summed E-state index contributed by atoms with van der Waals surface area (Å²) in [7, 11) is -8.44. The van der Waals surface area contributed by atoms with E-state index in [-0.39, 0.29) is 55.1 Å². The molecule has 10 N–H and O–H groups in total. The topological polar surface area (TPSA) is 287 Å². The number of nitrogens with zero attached hydrogens (tertiary/aromatic N) is 4. The first-order valence-corrected chi connectivity index (χ1v) is 22.7. The number of ketones is 1. The van der Waals surface area contributed by atoms with Crippen LogP contribution in [0.25, 0.3) is 44.8 Å². The van der Waals surface area contributed by atoms with E-state index in [1.807, 2.05) is 0 Å². The van der Waals surface area contributed by atoms with Gasteiger partial charge in [-0.2, -0.15) is 10.5 Å².